The Kier molecular flexibility index (Phi) is 4.56. The molecule has 2 amide bonds. The lowest BCUT2D eigenvalue weighted by molar-refractivity contribution is 0.156. The van der Waals surface area contributed by atoms with Gasteiger partial charge in [-0.2, -0.15) is 0 Å². The number of nitrogens with zero attached hydrogens (tertiary/aromatic N) is 3. The third-order valence-electron chi connectivity index (χ3n) is 4.04. The van der Waals surface area contributed by atoms with Crippen LogP contribution in [0.2, 0.25) is 0 Å². The lowest BCUT2D eigenvalue weighted by Gasteiger charge is -2.34. The summed E-state index contributed by atoms with van der Waals surface area (Å²) in [4.78, 5) is 16.3. The van der Waals surface area contributed by atoms with Gasteiger partial charge in [-0.05, 0) is 33.0 Å². The second-order valence-electron chi connectivity index (χ2n) is 6.90. The standard InChI is InChI=1S/C15H26N4O2/c1-15(2,3)12-10-13(17-21-12)16-14(20)19(5)11-6-8-18(4)9-7-11/h10-11H,6-9H2,1-5H3,(H,16,17,20). The summed E-state index contributed by atoms with van der Waals surface area (Å²) in [5, 5.41) is 6.73. The molecule has 1 saturated heterocycles. The van der Waals surface area contributed by atoms with E-state index in [1.165, 1.54) is 0 Å². The summed E-state index contributed by atoms with van der Waals surface area (Å²) < 4.78 is 5.28. The Hall–Kier alpha value is -1.56. The summed E-state index contributed by atoms with van der Waals surface area (Å²) >= 11 is 0. The third-order valence-corrected chi connectivity index (χ3v) is 4.04. The molecular formula is C15H26N4O2. The Morgan fingerprint density at radius 3 is 2.57 bits per heavy atom. The molecule has 0 saturated carbocycles. The molecule has 0 spiro atoms. The molecule has 0 aromatic carbocycles. The van der Waals surface area contributed by atoms with Crippen molar-refractivity contribution in [3.63, 3.8) is 0 Å². The number of amides is 2. The summed E-state index contributed by atoms with van der Waals surface area (Å²) in [7, 11) is 3.95. The molecule has 0 atom stereocenters. The van der Waals surface area contributed by atoms with Crippen molar-refractivity contribution >= 4 is 11.8 Å². The summed E-state index contributed by atoms with van der Waals surface area (Å²) in [5.41, 5.74) is -0.115. The van der Waals surface area contributed by atoms with Gasteiger partial charge < -0.3 is 14.3 Å². The molecule has 21 heavy (non-hydrogen) atoms. The fourth-order valence-corrected chi connectivity index (χ4v) is 2.43. The molecule has 0 bridgehead atoms. The van der Waals surface area contributed by atoms with Crippen LogP contribution in [0.25, 0.3) is 0 Å². The van der Waals surface area contributed by atoms with Gasteiger partial charge in [-0.1, -0.05) is 25.9 Å². The molecule has 0 unspecified atom stereocenters. The van der Waals surface area contributed by atoms with Crippen LogP contribution in [-0.2, 0) is 5.41 Å². The Morgan fingerprint density at radius 2 is 2.05 bits per heavy atom. The van der Waals surface area contributed by atoms with Crippen LogP contribution in [0.4, 0.5) is 10.6 Å². The predicted octanol–water partition coefficient (Wildman–Crippen LogP) is 2.53. The van der Waals surface area contributed by atoms with Crippen molar-refractivity contribution in [2.45, 2.75) is 45.1 Å². The molecule has 1 aromatic heterocycles. The first-order valence-electron chi connectivity index (χ1n) is 7.47. The monoisotopic (exact) mass is 294 g/mol. The number of nitrogens with one attached hydrogen (secondary N) is 1. The zero-order chi connectivity index (χ0) is 15.6. The molecule has 1 fully saturated rings. The number of hydrogen-bond donors (Lipinski definition) is 1. The summed E-state index contributed by atoms with van der Waals surface area (Å²) in [6.07, 6.45) is 2.01. The lowest BCUT2D eigenvalue weighted by atomic mass is 9.93. The van der Waals surface area contributed by atoms with Crippen LogP contribution < -0.4 is 5.32 Å². The smallest absolute Gasteiger partial charge is 0.323 e. The summed E-state index contributed by atoms with van der Waals surface area (Å²) in [5.74, 6) is 1.24. The van der Waals surface area contributed by atoms with Gasteiger partial charge >= 0.3 is 6.03 Å². The van der Waals surface area contributed by atoms with E-state index in [0.717, 1.165) is 31.7 Å². The van der Waals surface area contributed by atoms with Crippen LogP contribution in [0, 0.1) is 0 Å². The van der Waals surface area contributed by atoms with Crippen molar-refractivity contribution < 1.29 is 9.32 Å². The van der Waals surface area contributed by atoms with Crippen LogP contribution in [-0.4, -0.2) is 54.2 Å². The van der Waals surface area contributed by atoms with E-state index in [2.05, 4.69) is 22.4 Å². The number of rotatable bonds is 2. The fraction of sp³-hybridized carbons (Fsp3) is 0.733. The molecule has 0 aliphatic carbocycles. The first kappa shape index (κ1) is 15.8. The number of carbonyl (C=O) groups excluding carboxylic acids is 1. The lowest BCUT2D eigenvalue weighted by Crippen LogP contribution is -2.46. The Morgan fingerprint density at radius 1 is 1.43 bits per heavy atom. The van der Waals surface area contributed by atoms with E-state index < -0.39 is 0 Å². The number of likely N-dealkylation sites (tertiary alicyclic amines) is 1. The van der Waals surface area contributed by atoms with Crippen molar-refractivity contribution in [2.75, 3.05) is 32.5 Å². The van der Waals surface area contributed by atoms with Crippen LogP contribution in [0.15, 0.2) is 10.6 Å². The second-order valence-corrected chi connectivity index (χ2v) is 6.90. The SMILES string of the molecule is CN1CCC(N(C)C(=O)Nc2cc(C(C)(C)C)on2)CC1. The van der Waals surface area contributed by atoms with Crippen molar-refractivity contribution in [3.05, 3.63) is 11.8 Å². The molecule has 1 aliphatic heterocycles. The first-order chi connectivity index (χ1) is 9.77. The molecule has 118 valence electrons. The molecule has 1 aliphatic rings. The first-order valence-corrected chi connectivity index (χ1v) is 7.47. The largest absolute Gasteiger partial charge is 0.359 e. The van der Waals surface area contributed by atoms with E-state index in [9.17, 15) is 4.79 Å². The van der Waals surface area contributed by atoms with E-state index in [1.54, 1.807) is 11.0 Å². The van der Waals surface area contributed by atoms with Gasteiger partial charge in [-0.3, -0.25) is 5.32 Å². The molecule has 2 rings (SSSR count). The van der Waals surface area contributed by atoms with Gasteiger partial charge in [0.05, 0.1) is 0 Å². The minimum Gasteiger partial charge on any atom is -0.359 e. The quantitative estimate of drug-likeness (QED) is 0.910. The Labute approximate surface area is 126 Å². The van der Waals surface area contributed by atoms with Gasteiger partial charge in [0.1, 0.15) is 5.76 Å². The van der Waals surface area contributed by atoms with Crippen LogP contribution >= 0.6 is 0 Å². The number of anilines is 1. The van der Waals surface area contributed by atoms with Crippen molar-refractivity contribution in [3.8, 4) is 0 Å². The average Bonchev–Trinajstić information content (AvgIpc) is 2.87. The van der Waals surface area contributed by atoms with E-state index in [0.29, 0.717) is 5.82 Å². The van der Waals surface area contributed by atoms with Crippen molar-refractivity contribution in [1.82, 2.24) is 15.0 Å². The maximum absolute atomic E-state index is 12.3. The van der Waals surface area contributed by atoms with Crippen molar-refractivity contribution in [2.24, 2.45) is 0 Å². The van der Waals surface area contributed by atoms with E-state index in [1.807, 2.05) is 27.8 Å². The molecular weight excluding hydrogens is 268 g/mol. The topological polar surface area (TPSA) is 61.6 Å². The van der Waals surface area contributed by atoms with Gasteiger partial charge in [0.2, 0.25) is 0 Å². The van der Waals surface area contributed by atoms with Crippen LogP contribution in [0.3, 0.4) is 0 Å². The minimum absolute atomic E-state index is 0.115. The molecule has 1 aromatic rings. The number of aromatic nitrogens is 1. The highest BCUT2D eigenvalue weighted by molar-refractivity contribution is 5.88. The number of carbonyl (C=O) groups is 1. The number of piperidine rings is 1. The normalized spacial score (nSPS) is 17.8. The molecule has 6 nitrogen and oxygen atoms in total. The highest BCUT2D eigenvalue weighted by Crippen LogP contribution is 2.24. The Bertz CT molecular complexity index is 484. The number of hydrogen-bond acceptors (Lipinski definition) is 4. The molecule has 0 radical (unpaired) electrons. The van der Waals surface area contributed by atoms with E-state index in [-0.39, 0.29) is 17.5 Å². The van der Waals surface area contributed by atoms with E-state index in [4.69, 9.17) is 4.52 Å². The van der Waals surface area contributed by atoms with E-state index >= 15 is 0 Å². The predicted molar refractivity (Wildman–Crippen MR) is 82.5 cm³/mol. The number of urea groups is 1. The maximum Gasteiger partial charge on any atom is 0.323 e. The third kappa shape index (κ3) is 3.97. The molecule has 2 heterocycles. The maximum atomic E-state index is 12.3. The van der Waals surface area contributed by atoms with Gasteiger partial charge in [0.25, 0.3) is 0 Å². The van der Waals surface area contributed by atoms with Crippen LogP contribution in [0.5, 0.6) is 0 Å². The zero-order valence-electron chi connectivity index (χ0n) is 13.6. The van der Waals surface area contributed by atoms with Gasteiger partial charge in [-0.15, -0.1) is 0 Å². The molecule has 1 N–H and O–H groups in total. The average molecular weight is 294 g/mol. The van der Waals surface area contributed by atoms with Crippen molar-refractivity contribution in [1.29, 1.82) is 0 Å². The highest BCUT2D eigenvalue weighted by atomic mass is 16.5. The van der Waals surface area contributed by atoms with Crippen LogP contribution in [0.1, 0.15) is 39.4 Å². The summed E-state index contributed by atoms with van der Waals surface area (Å²) in [6, 6.07) is 1.95. The van der Waals surface area contributed by atoms with Gasteiger partial charge in [-0.25, -0.2) is 4.79 Å². The molecule has 6 heteroatoms. The zero-order valence-corrected chi connectivity index (χ0v) is 13.6. The van der Waals surface area contributed by atoms with Gasteiger partial charge in [0, 0.05) is 24.6 Å². The second kappa shape index (κ2) is 6.05. The summed E-state index contributed by atoms with van der Waals surface area (Å²) in [6.45, 7) is 8.19. The Balaban J connectivity index is 1.93. The van der Waals surface area contributed by atoms with Gasteiger partial charge in [0.15, 0.2) is 5.82 Å². The minimum atomic E-state index is -0.127. The highest BCUT2D eigenvalue weighted by Gasteiger charge is 2.25. The fourth-order valence-electron chi connectivity index (χ4n) is 2.43.